The molecule has 1 atom stereocenters. The molecule has 0 saturated carbocycles. The van der Waals surface area contributed by atoms with Gasteiger partial charge in [-0.1, -0.05) is 116 Å². The van der Waals surface area contributed by atoms with Crippen LogP contribution in [-0.2, 0) is 19.3 Å². The molecule has 0 nitrogen and oxygen atoms in total. The smallest absolute Gasteiger partial charge is 0.131 e. The van der Waals surface area contributed by atoms with Crippen molar-refractivity contribution in [2.45, 2.75) is 32.1 Å². The van der Waals surface area contributed by atoms with Crippen LogP contribution in [-0.4, -0.2) is 0 Å². The molecule has 0 saturated heterocycles. The van der Waals surface area contributed by atoms with E-state index in [0.29, 0.717) is 16.5 Å². The molecule has 0 aliphatic heterocycles. The third kappa shape index (κ3) is 6.66. The highest BCUT2D eigenvalue weighted by Gasteiger charge is 2.06. The number of benzene rings is 4. The topological polar surface area (TPSA) is 0 Å². The lowest BCUT2D eigenvalue weighted by Gasteiger charge is -2.12. The van der Waals surface area contributed by atoms with Crippen molar-refractivity contribution in [1.29, 1.82) is 0 Å². The Bertz CT molecular complexity index is 1190. The molecule has 0 spiro atoms. The first-order valence-corrected chi connectivity index (χ1v) is 11.8. The molecule has 0 fully saturated rings. The van der Waals surface area contributed by atoms with E-state index in [0.717, 1.165) is 24.8 Å². The predicted molar refractivity (Wildman–Crippen MR) is 139 cm³/mol. The molecule has 4 aromatic carbocycles. The molecule has 0 bridgehead atoms. The zero-order valence-electron chi connectivity index (χ0n) is 18.8. The van der Waals surface area contributed by atoms with E-state index in [1.165, 1.54) is 28.3 Å². The Hall–Kier alpha value is -3.16. The van der Waals surface area contributed by atoms with Gasteiger partial charge in [-0.3, -0.25) is 0 Å². The standard InChI is InChI=1S/C31H28ClF/c1-23(28-5-3-2-4-6-28)21-27-15-13-25(14-16-27)8-7-24-9-11-26(12-10-24)17-18-29-19-20-30(32)22-31(29)33/h2-6,9-20,22-23H,7-8,21H2,1H3/t23-/m0/s1. The maximum atomic E-state index is 13.9. The second-order valence-corrected chi connectivity index (χ2v) is 9.01. The van der Waals surface area contributed by atoms with Crippen LogP contribution in [0.25, 0.3) is 12.2 Å². The van der Waals surface area contributed by atoms with Crippen LogP contribution in [0, 0.1) is 5.82 Å². The lowest BCUT2D eigenvalue weighted by molar-refractivity contribution is 0.625. The van der Waals surface area contributed by atoms with Crippen LogP contribution in [0.3, 0.4) is 0 Å². The van der Waals surface area contributed by atoms with Gasteiger partial charge in [-0.25, -0.2) is 4.39 Å². The molecular formula is C31H28ClF. The zero-order chi connectivity index (χ0) is 23.0. The minimum atomic E-state index is -0.309. The predicted octanol–water partition coefficient (Wildman–Crippen LogP) is 8.78. The number of hydrogen-bond acceptors (Lipinski definition) is 0. The van der Waals surface area contributed by atoms with E-state index in [9.17, 15) is 4.39 Å². The van der Waals surface area contributed by atoms with Crippen LogP contribution in [0.1, 0.15) is 46.2 Å². The van der Waals surface area contributed by atoms with Crippen LogP contribution in [0.2, 0.25) is 5.02 Å². The van der Waals surface area contributed by atoms with Crippen LogP contribution >= 0.6 is 11.6 Å². The fourth-order valence-electron chi connectivity index (χ4n) is 4.00. The van der Waals surface area contributed by atoms with E-state index < -0.39 is 0 Å². The van der Waals surface area contributed by atoms with Crippen LogP contribution < -0.4 is 0 Å². The lowest BCUT2D eigenvalue weighted by Crippen LogP contribution is -1.99. The normalized spacial score (nSPS) is 12.2. The molecular weight excluding hydrogens is 427 g/mol. The highest BCUT2D eigenvalue weighted by molar-refractivity contribution is 6.30. The lowest BCUT2D eigenvalue weighted by atomic mass is 9.93. The molecule has 4 rings (SSSR count). The maximum absolute atomic E-state index is 13.9. The van der Waals surface area contributed by atoms with Gasteiger partial charge in [-0.15, -0.1) is 0 Å². The second-order valence-electron chi connectivity index (χ2n) is 8.57. The number of hydrogen-bond donors (Lipinski definition) is 0. The van der Waals surface area contributed by atoms with Gasteiger partial charge in [0.25, 0.3) is 0 Å². The molecule has 4 aromatic rings. The van der Waals surface area contributed by atoms with Gasteiger partial charge in [0, 0.05) is 10.6 Å². The summed E-state index contributed by atoms with van der Waals surface area (Å²) in [6.45, 7) is 2.29. The van der Waals surface area contributed by atoms with Gasteiger partial charge in [0.1, 0.15) is 5.82 Å². The van der Waals surface area contributed by atoms with E-state index in [-0.39, 0.29) is 5.82 Å². The summed E-state index contributed by atoms with van der Waals surface area (Å²) in [6, 6.07) is 32.9. The summed E-state index contributed by atoms with van der Waals surface area (Å²) in [4.78, 5) is 0. The number of aryl methyl sites for hydroxylation is 2. The Kier molecular flexibility index (Phi) is 7.75. The van der Waals surface area contributed by atoms with Gasteiger partial charge in [0.15, 0.2) is 0 Å². The van der Waals surface area contributed by atoms with Crippen molar-refractivity contribution in [3.05, 3.63) is 141 Å². The largest absolute Gasteiger partial charge is 0.206 e. The molecule has 166 valence electrons. The van der Waals surface area contributed by atoms with Crippen molar-refractivity contribution < 1.29 is 4.39 Å². The average Bonchev–Trinajstić information content (AvgIpc) is 2.84. The van der Waals surface area contributed by atoms with Crippen molar-refractivity contribution >= 4 is 23.8 Å². The molecule has 0 radical (unpaired) electrons. The molecule has 0 N–H and O–H groups in total. The van der Waals surface area contributed by atoms with Crippen molar-refractivity contribution in [2.75, 3.05) is 0 Å². The molecule has 0 amide bonds. The van der Waals surface area contributed by atoms with E-state index in [1.54, 1.807) is 18.2 Å². The Morgan fingerprint density at radius 2 is 1.33 bits per heavy atom. The van der Waals surface area contributed by atoms with Crippen LogP contribution in [0.5, 0.6) is 0 Å². The summed E-state index contributed by atoms with van der Waals surface area (Å²) < 4.78 is 13.9. The quantitative estimate of drug-likeness (QED) is 0.233. The summed E-state index contributed by atoms with van der Waals surface area (Å²) in [7, 11) is 0. The van der Waals surface area contributed by atoms with E-state index in [4.69, 9.17) is 11.6 Å². The van der Waals surface area contributed by atoms with Crippen molar-refractivity contribution in [1.82, 2.24) is 0 Å². The van der Waals surface area contributed by atoms with Gasteiger partial charge in [0.05, 0.1) is 0 Å². The van der Waals surface area contributed by atoms with Crippen molar-refractivity contribution in [2.24, 2.45) is 0 Å². The fraction of sp³-hybridized carbons (Fsp3) is 0.161. The Morgan fingerprint density at radius 1 is 0.727 bits per heavy atom. The molecule has 0 heterocycles. The van der Waals surface area contributed by atoms with E-state index in [1.807, 2.05) is 6.08 Å². The second kappa shape index (κ2) is 11.1. The third-order valence-corrected chi connectivity index (χ3v) is 6.27. The fourth-order valence-corrected chi connectivity index (χ4v) is 4.16. The van der Waals surface area contributed by atoms with Gasteiger partial charge in [-0.2, -0.15) is 0 Å². The first kappa shape index (κ1) is 23.0. The number of halogens is 2. The van der Waals surface area contributed by atoms with Crippen LogP contribution in [0.4, 0.5) is 4.39 Å². The highest BCUT2D eigenvalue weighted by Crippen LogP contribution is 2.21. The van der Waals surface area contributed by atoms with E-state index in [2.05, 4.69) is 85.8 Å². The SMILES string of the molecule is C[C@@H](Cc1ccc(CCc2ccc(C=Cc3ccc(Cl)cc3F)cc2)cc1)c1ccccc1. The molecule has 0 unspecified atom stereocenters. The summed E-state index contributed by atoms with van der Waals surface area (Å²) in [5.74, 6) is 0.205. The Labute approximate surface area is 201 Å². The minimum Gasteiger partial charge on any atom is -0.206 e. The van der Waals surface area contributed by atoms with Crippen molar-refractivity contribution in [3.63, 3.8) is 0 Å². The Morgan fingerprint density at radius 3 is 1.97 bits per heavy atom. The third-order valence-electron chi connectivity index (χ3n) is 6.03. The van der Waals surface area contributed by atoms with Gasteiger partial charge >= 0.3 is 0 Å². The Balaban J connectivity index is 1.29. The first-order chi connectivity index (χ1) is 16.1. The van der Waals surface area contributed by atoms with Gasteiger partial charge in [-0.05, 0) is 65.1 Å². The summed E-state index contributed by atoms with van der Waals surface area (Å²) in [5.41, 5.74) is 7.00. The summed E-state index contributed by atoms with van der Waals surface area (Å²) in [5, 5.41) is 0.408. The first-order valence-electron chi connectivity index (χ1n) is 11.4. The molecule has 0 aliphatic carbocycles. The van der Waals surface area contributed by atoms with Crippen molar-refractivity contribution in [3.8, 4) is 0 Å². The highest BCUT2D eigenvalue weighted by atomic mass is 35.5. The molecule has 0 aromatic heterocycles. The summed E-state index contributed by atoms with van der Waals surface area (Å²) >= 11 is 5.81. The van der Waals surface area contributed by atoms with E-state index >= 15 is 0 Å². The summed E-state index contributed by atoms with van der Waals surface area (Å²) in [6.07, 6.45) is 6.76. The minimum absolute atomic E-state index is 0.309. The van der Waals surface area contributed by atoms with Gasteiger partial charge in [0.2, 0.25) is 0 Å². The van der Waals surface area contributed by atoms with Crippen LogP contribution in [0.15, 0.2) is 97.1 Å². The zero-order valence-corrected chi connectivity index (χ0v) is 19.6. The molecule has 0 aliphatic rings. The number of rotatable bonds is 8. The monoisotopic (exact) mass is 454 g/mol. The average molecular weight is 455 g/mol. The van der Waals surface area contributed by atoms with Gasteiger partial charge < -0.3 is 0 Å². The molecule has 2 heteroatoms. The molecule has 33 heavy (non-hydrogen) atoms. The maximum Gasteiger partial charge on any atom is 0.131 e.